The van der Waals surface area contributed by atoms with E-state index in [9.17, 15) is 15.0 Å². The van der Waals surface area contributed by atoms with Crippen molar-refractivity contribution in [1.29, 1.82) is 0 Å². The standard InChI is InChI=1S/C13H19N3O3/c1-8(16-13(2,6-17)7-18)9-3-4-10-11(5-9)15-12(19)14-10/h3-5,8,16-18H,6-7H2,1-2H3,(H2,14,15,19). The summed E-state index contributed by atoms with van der Waals surface area (Å²) in [7, 11) is 0. The molecule has 2 rings (SSSR count). The Bertz CT molecular complexity index is 613. The van der Waals surface area contributed by atoms with Crippen LogP contribution in [0.5, 0.6) is 0 Å². The van der Waals surface area contributed by atoms with Crippen molar-refractivity contribution in [3.05, 3.63) is 34.2 Å². The minimum absolute atomic E-state index is 0.0629. The van der Waals surface area contributed by atoms with E-state index in [0.717, 1.165) is 16.6 Å². The van der Waals surface area contributed by atoms with Crippen molar-refractivity contribution in [2.24, 2.45) is 0 Å². The van der Waals surface area contributed by atoms with Crippen LogP contribution in [0.2, 0.25) is 0 Å². The first kappa shape index (κ1) is 13.8. The molecule has 5 N–H and O–H groups in total. The third-order valence-corrected chi connectivity index (χ3v) is 3.30. The molecular formula is C13H19N3O3. The second kappa shape index (κ2) is 5.16. The Hall–Kier alpha value is -1.63. The van der Waals surface area contributed by atoms with Gasteiger partial charge in [0.1, 0.15) is 0 Å². The molecule has 2 aromatic rings. The van der Waals surface area contributed by atoms with Crippen LogP contribution in [0.1, 0.15) is 25.5 Å². The van der Waals surface area contributed by atoms with Gasteiger partial charge in [-0.3, -0.25) is 0 Å². The molecule has 1 atom stereocenters. The monoisotopic (exact) mass is 265 g/mol. The third-order valence-electron chi connectivity index (χ3n) is 3.30. The maximum Gasteiger partial charge on any atom is 0.323 e. The van der Waals surface area contributed by atoms with Gasteiger partial charge in [0.2, 0.25) is 0 Å². The van der Waals surface area contributed by atoms with E-state index in [4.69, 9.17) is 0 Å². The Morgan fingerprint density at radius 2 is 1.89 bits per heavy atom. The van der Waals surface area contributed by atoms with E-state index >= 15 is 0 Å². The van der Waals surface area contributed by atoms with Gasteiger partial charge in [0.15, 0.2) is 0 Å². The Morgan fingerprint density at radius 3 is 2.53 bits per heavy atom. The summed E-state index contributed by atoms with van der Waals surface area (Å²) < 4.78 is 0. The van der Waals surface area contributed by atoms with Crippen molar-refractivity contribution in [3.8, 4) is 0 Å². The molecule has 0 radical (unpaired) electrons. The average molecular weight is 265 g/mol. The number of benzene rings is 1. The molecule has 1 aromatic heterocycles. The number of aromatic nitrogens is 2. The summed E-state index contributed by atoms with van der Waals surface area (Å²) in [4.78, 5) is 16.6. The highest BCUT2D eigenvalue weighted by molar-refractivity contribution is 5.75. The molecule has 0 bridgehead atoms. The first-order valence-corrected chi connectivity index (χ1v) is 6.19. The number of nitrogens with one attached hydrogen (secondary N) is 3. The summed E-state index contributed by atoms with van der Waals surface area (Å²) in [6.45, 7) is 3.38. The van der Waals surface area contributed by atoms with Gasteiger partial charge in [-0.05, 0) is 31.5 Å². The number of aromatic amines is 2. The van der Waals surface area contributed by atoms with Crippen LogP contribution < -0.4 is 11.0 Å². The molecule has 0 saturated heterocycles. The van der Waals surface area contributed by atoms with Gasteiger partial charge >= 0.3 is 5.69 Å². The van der Waals surface area contributed by atoms with Crippen molar-refractivity contribution in [1.82, 2.24) is 15.3 Å². The molecule has 1 unspecified atom stereocenters. The van der Waals surface area contributed by atoms with Gasteiger partial charge < -0.3 is 25.5 Å². The summed E-state index contributed by atoms with van der Waals surface area (Å²) in [6, 6.07) is 5.54. The Kier molecular flexibility index (Phi) is 3.75. The first-order valence-electron chi connectivity index (χ1n) is 6.19. The van der Waals surface area contributed by atoms with Crippen LogP contribution in [0, 0.1) is 0 Å². The molecule has 1 aromatic carbocycles. The number of hydrogen-bond donors (Lipinski definition) is 5. The lowest BCUT2D eigenvalue weighted by molar-refractivity contribution is 0.0958. The molecule has 1 heterocycles. The van der Waals surface area contributed by atoms with Crippen molar-refractivity contribution in [3.63, 3.8) is 0 Å². The lowest BCUT2D eigenvalue weighted by Gasteiger charge is -2.30. The predicted molar refractivity (Wildman–Crippen MR) is 73.0 cm³/mol. The maximum absolute atomic E-state index is 11.2. The second-order valence-electron chi connectivity index (χ2n) is 5.13. The van der Waals surface area contributed by atoms with Crippen molar-refractivity contribution in [2.45, 2.75) is 25.4 Å². The molecule has 0 amide bonds. The summed E-state index contributed by atoms with van der Waals surface area (Å²) >= 11 is 0. The van der Waals surface area contributed by atoms with E-state index < -0.39 is 5.54 Å². The number of imidazole rings is 1. The smallest absolute Gasteiger partial charge is 0.323 e. The minimum Gasteiger partial charge on any atom is -0.394 e. The molecule has 0 spiro atoms. The number of H-pyrrole nitrogens is 2. The number of fused-ring (bicyclic) bond motifs is 1. The van der Waals surface area contributed by atoms with Gasteiger partial charge in [-0.2, -0.15) is 0 Å². The maximum atomic E-state index is 11.2. The number of aliphatic hydroxyl groups is 2. The van der Waals surface area contributed by atoms with Crippen LogP contribution >= 0.6 is 0 Å². The Morgan fingerprint density at radius 1 is 1.26 bits per heavy atom. The molecule has 19 heavy (non-hydrogen) atoms. The molecular weight excluding hydrogens is 246 g/mol. The summed E-state index contributed by atoms with van der Waals surface area (Å²) in [6.07, 6.45) is 0. The molecule has 0 aliphatic carbocycles. The quantitative estimate of drug-likeness (QED) is 0.535. The number of hydrogen-bond acceptors (Lipinski definition) is 4. The van der Waals surface area contributed by atoms with Crippen LogP contribution in [-0.2, 0) is 0 Å². The van der Waals surface area contributed by atoms with Gasteiger partial charge in [-0.1, -0.05) is 6.07 Å². The van der Waals surface area contributed by atoms with Crippen LogP contribution in [0.25, 0.3) is 11.0 Å². The van der Waals surface area contributed by atoms with Crippen molar-refractivity contribution >= 4 is 11.0 Å². The second-order valence-corrected chi connectivity index (χ2v) is 5.13. The van der Waals surface area contributed by atoms with Crippen LogP contribution in [0.15, 0.2) is 23.0 Å². The highest BCUT2D eigenvalue weighted by Gasteiger charge is 2.24. The van der Waals surface area contributed by atoms with E-state index in [1.54, 1.807) is 6.92 Å². The Balaban J connectivity index is 2.25. The van der Waals surface area contributed by atoms with Gasteiger partial charge in [-0.15, -0.1) is 0 Å². The van der Waals surface area contributed by atoms with Crippen molar-refractivity contribution in [2.75, 3.05) is 13.2 Å². The fourth-order valence-electron chi connectivity index (χ4n) is 2.07. The fourth-order valence-corrected chi connectivity index (χ4v) is 2.07. The highest BCUT2D eigenvalue weighted by Crippen LogP contribution is 2.19. The van der Waals surface area contributed by atoms with E-state index in [1.807, 2.05) is 25.1 Å². The molecule has 6 nitrogen and oxygen atoms in total. The lowest BCUT2D eigenvalue weighted by atomic mass is 10.0. The Labute approximate surface area is 110 Å². The number of aliphatic hydroxyl groups excluding tert-OH is 2. The summed E-state index contributed by atoms with van der Waals surface area (Å²) in [5.74, 6) is 0. The number of rotatable bonds is 5. The highest BCUT2D eigenvalue weighted by atomic mass is 16.3. The van der Waals surface area contributed by atoms with E-state index in [0.29, 0.717) is 0 Å². The van der Waals surface area contributed by atoms with Gasteiger partial charge in [0, 0.05) is 6.04 Å². The van der Waals surface area contributed by atoms with E-state index in [2.05, 4.69) is 15.3 Å². The minimum atomic E-state index is -0.736. The fraction of sp³-hybridized carbons (Fsp3) is 0.462. The largest absolute Gasteiger partial charge is 0.394 e. The van der Waals surface area contributed by atoms with Gasteiger partial charge in [0.25, 0.3) is 0 Å². The third kappa shape index (κ3) is 2.86. The molecule has 0 aliphatic rings. The zero-order chi connectivity index (χ0) is 14.0. The van der Waals surface area contributed by atoms with Crippen LogP contribution in [0.4, 0.5) is 0 Å². The van der Waals surface area contributed by atoms with E-state index in [1.165, 1.54) is 0 Å². The molecule has 0 fully saturated rings. The molecule has 6 heteroatoms. The molecule has 104 valence electrons. The predicted octanol–water partition coefficient (Wildman–Crippen LogP) is 0.250. The van der Waals surface area contributed by atoms with Gasteiger partial charge in [0.05, 0.1) is 29.8 Å². The zero-order valence-corrected chi connectivity index (χ0v) is 11.0. The van der Waals surface area contributed by atoms with Crippen molar-refractivity contribution < 1.29 is 10.2 Å². The van der Waals surface area contributed by atoms with E-state index in [-0.39, 0.29) is 24.9 Å². The zero-order valence-electron chi connectivity index (χ0n) is 11.0. The average Bonchev–Trinajstić information content (AvgIpc) is 2.77. The molecule has 0 aliphatic heterocycles. The normalized spacial score (nSPS) is 13.9. The van der Waals surface area contributed by atoms with Gasteiger partial charge in [-0.25, -0.2) is 4.79 Å². The summed E-state index contributed by atoms with van der Waals surface area (Å²) in [5.41, 5.74) is 1.50. The summed E-state index contributed by atoms with van der Waals surface area (Å²) in [5, 5.41) is 21.7. The SMILES string of the molecule is CC(NC(C)(CO)CO)c1ccc2[nH]c(=O)[nH]c2c1. The van der Waals surface area contributed by atoms with Crippen LogP contribution in [-0.4, -0.2) is 38.9 Å². The first-order chi connectivity index (χ1) is 8.97. The molecule has 0 saturated carbocycles. The topological polar surface area (TPSA) is 101 Å². The lowest BCUT2D eigenvalue weighted by Crippen LogP contribution is -2.49. The van der Waals surface area contributed by atoms with Crippen LogP contribution in [0.3, 0.4) is 0 Å².